The number of halogens is 3. The van der Waals surface area contributed by atoms with Gasteiger partial charge in [0.1, 0.15) is 0 Å². The van der Waals surface area contributed by atoms with E-state index in [9.17, 15) is 23.7 Å². The Kier molecular flexibility index (Phi) is 6.16. The van der Waals surface area contributed by atoms with Crippen molar-refractivity contribution >= 4 is 5.69 Å². The van der Waals surface area contributed by atoms with Crippen LogP contribution in [0.15, 0.2) is 72.8 Å². The van der Waals surface area contributed by atoms with Crippen LogP contribution in [0.3, 0.4) is 0 Å². The molecule has 5 rings (SSSR count). The van der Waals surface area contributed by atoms with Crippen LogP contribution in [-0.2, 0) is 6.18 Å². The summed E-state index contributed by atoms with van der Waals surface area (Å²) in [7, 11) is 0. The van der Waals surface area contributed by atoms with E-state index in [1.54, 1.807) is 18.2 Å². The van der Waals surface area contributed by atoms with Gasteiger partial charge in [0.15, 0.2) is 11.8 Å². The molecule has 2 unspecified atom stereocenters. The van der Waals surface area contributed by atoms with Crippen LogP contribution in [0.1, 0.15) is 33.7 Å². The lowest BCUT2D eigenvalue weighted by Crippen LogP contribution is -2.12. The van der Waals surface area contributed by atoms with Crippen molar-refractivity contribution in [3.63, 3.8) is 0 Å². The highest BCUT2D eigenvalue weighted by Crippen LogP contribution is 2.52. The highest BCUT2D eigenvalue weighted by molar-refractivity contribution is 5.92. The Hall–Kier alpha value is -5.37. The van der Waals surface area contributed by atoms with Crippen molar-refractivity contribution in [3.8, 4) is 45.5 Å². The molecule has 4 aromatic carbocycles. The predicted octanol–water partition coefficient (Wildman–Crippen LogP) is 8.69. The van der Waals surface area contributed by atoms with Gasteiger partial charge < -0.3 is 0 Å². The third-order valence-corrected chi connectivity index (χ3v) is 7.03. The van der Waals surface area contributed by atoms with Crippen LogP contribution in [0.25, 0.3) is 43.1 Å². The van der Waals surface area contributed by atoms with Crippen molar-refractivity contribution < 1.29 is 13.2 Å². The highest BCUT2D eigenvalue weighted by Gasteiger charge is 2.40. The van der Waals surface area contributed by atoms with E-state index in [4.69, 9.17) is 13.1 Å². The van der Waals surface area contributed by atoms with E-state index < -0.39 is 23.7 Å². The molecular weight excluding hydrogens is 497 g/mol. The van der Waals surface area contributed by atoms with Crippen molar-refractivity contribution in [2.45, 2.75) is 25.1 Å². The lowest BCUT2D eigenvalue weighted by Gasteiger charge is -2.15. The first-order valence-corrected chi connectivity index (χ1v) is 11.8. The van der Waals surface area contributed by atoms with E-state index in [-0.39, 0.29) is 5.56 Å². The van der Waals surface area contributed by atoms with Crippen molar-refractivity contribution in [2.75, 3.05) is 0 Å². The summed E-state index contributed by atoms with van der Waals surface area (Å²) in [6.45, 7) is 17.5. The molecule has 1 aliphatic carbocycles. The van der Waals surface area contributed by atoms with E-state index >= 15 is 0 Å². The molecule has 186 valence electrons. The molecule has 0 aromatic heterocycles. The first kappa shape index (κ1) is 25.3. The zero-order valence-corrected chi connectivity index (χ0v) is 20.5. The second-order valence-corrected chi connectivity index (χ2v) is 9.29. The third-order valence-electron chi connectivity index (χ3n) is 7.03. The lowest BCUT2D eigenvalue weighted by atomic mass is 9.86. The van der Waals surface area contributed by atoms with E-state index in [2.05, 4.69) is 21.8 Å². The summed E-state index contributed by atoms with van der Waals surface area (Å²) in [4.78, 5) is 7.30. The number of nitrogens with zero attached hydrogens (tertiary/aromatic N) is 4. The van der Waals surface area contributed by atoms with Crippen LogP contribution >= 0.6 is 0 Å². The highest BCUT2D eigenvalue weighted by atomic mass is 19.4. The van der Waals surface area contributed by atoms with Crippen LogP contribution in [0.4, 0.5) is 18.9 Å². The van der Waals surface area contributed by atoms with E-state index in [1.807, 2.05) is 37.3 Å². The monoisotopic (exact) mass is 514 g/mol. The fraction of sp³-hybridized carbons (Fsp3) is 0.125. The molecule has 7 heteroatoms. The summed E-state index contributed by atoms with van der Waals surface area (Å²) < 4.78 is 39.4. The molecule has 4 aromatic rings. The Labute approximate surface area is 223 Å². The first-order chi connectivity index (χ1) is 18.7. The number of fused-ring (bicyclic) bond motifs is 3. The molecule has 0 aliphatic heterocycles. The third kappa shape index (κ3) is 4.27. The maximum absolute atomic E-state index is 13.1. The van der Waals surface area contributed by atoms with Gasteiger partial charge in [0.05, 0.1) is 29.7 Å². The topological polar surface area (TPSA) is 56.3 Å². The number of hydrogen-bond acceptors (Lipinski definition) is 2. The van der Waals surface area contributed by atoms with Gasteiger partial charge in [-0.3, -0.25) is 4.85 Å². The number of aryl methyl sites for hydroxylation is 1. The number of rotatable bonds is 3. The molecule has 4 nitrogen and oxygen atoms in total. The zero-order chi connectivity index (χ0) is 27.9. The van der Waals surface area contributed by atoms with Crippen LogP contribution in [-0.4, -0.2) is 6.04 Å². The molecule has 0 radical (unpaired) electrons. The van der Waals surface area contributed by atoms with E-state index in [1.165, 1.54) is 12.1 Å². The first-order valence-electron chi connectivity index (χ1n) is 11.8. The summed E-state index contributed by atoms with van der Waals surface area (Å²) in [5.41, 5.74) is 5.83. The van der Waals surface area contributed by atoms with Crippen molar-refractivity contribution in [1.82, 2.24) is 0 Å². The Morgan fingerprint density at radius 3 is 1.90 bits per heavy atom. The second-order valence-electron chi connectivity index (χ2n) is 9.29. The molecule has 0 saturated carbocycles. The fourth-order valence-corrected chi connectivity index (χ4v) is 5.12. The normalized spacial score (nSPS) is 14.2. The molecule has 0 fully saturated rings. The van der Waals surface area contributed by atoms with Gasteiger partial charge in [-0.25, -0.2) is 11.4 Å². The van der Waals surface area contributed by atoms with E-state index in [0.717, 1.165) is 23.3 Å². The van der Waals surface area contributed by atoms with Gasteiger partial charge in [-0.1, -0.05) is 48.0 Å². The summed E-state index contributed by atoms with van der Waals surface area (Å²) in [6, 6.07) is 22.3. The smallest absolute Gasteiger partial charge is 0.296 e. The quantitative estimate of drug-likeness (QED) is 0.257. The van der Waals surface area contributed by atoms with Gasteiger partial charge in [-0.05, 0) is 81.8 Å². The standard InChI is InChI=1S/C32H17F3N4/c1-18-4-6-20(7-5-18)24-14-28-26(15-29(24)38-2)25-12-21(16-36)23(13-27(25)31(28)30(17-37)39-3)19-8-10-22(11-9-19)32(33,34)35/h4-15,30-31H,1H3. The molecule has 0 amide bonds. The van der Waals surface area contributed by atoms with Gasteiger partial charge in [0.2, 0.25) is 0 Å². The summed E-state index contributed by atoms with van der Waals surface area (Å²) in [6.07, 6.45) is -4.49. The van der Waals surface area contributed by atoms with Crippen molar-refractivity contribution in [2.24, 2.45) is 0 Å². The Morgan fingerprint density at radius 2 is 1.36 bits per heavy atom. The minimum absolute atomic E-state index is 0.239. The molecule has 0 N–H and O–H groups in total. The Morgan fingerprint density at radius 1 is 0.795 bits per heavy atom. The lowest BCUT2D eigenvalue weighted by molar-refractivity contribution is -0.137. The summed E-state index contributed by atoms with van der Waals surface area (Å²) in [5, 5.41) is 19.8. The Bertz CT molecular complexity index is 1780. The molecule has 1 aliphatic rings. The van der Waals surface area contributed by atoms with Crippen LogP contribution in [0.5, 0.6) is 0 Å². The molecule has 2 atom stereocenters. The number of alkyl halides is 3. The van der Waals surface area contributed by atoms with Crippen LogP contribution in [0.2, 0.25) is 0 Å². The minimum atomic E-state index is -4.49. The number of hydrogen-bond donors (Lipinski definition) is 0. The molecule has 0 spiro atoms. The maximum atomic E-state index is 13.1. The molecule has 0 bridgehead atoms. The predicted molar refractivity (Wildman–Crippen MR) is 141 cm³/mol. The van der Waals surface area contributed by atoms with Crippen LogP contribution in [0, 0.1) is 42.7 Å². The van der Waals surface area contributed by atoms with Gasteiger partial charge in [0.25, 0.3) is 0 Å². The van der Waals surface area contributed by atoms with Gasteiger partial charge in [-0.15, -0.1) is 0 Å². The second kappa shape index (κ2) is 9.50. The van der Waals surface area contributed by atoms with Gasteiger partial charge in [-0.2, -0.15) is 23.7 Å². The molecule has 0 saturated heterocycles. The van der Waals surface area contributed by atoms with Gasteiger partial charge >= 0.3 is 12.2 Å². The SMILES string of the molecule is [C-]#[N+]c1cc2c(cc1-c1ccc(C)cc1)C(C(C#N)[N+]#[C-])c1cc(-c3ccc(C(F)(F)F)cc3)c(C#N)cc1-2. The zero-order valence-electron chi connectivity index (χ0n) is 20.5. The molecule has 39 heavy (non-hydrogen) atoms. The van der Waals surface area contributed by atoms with E-state index in [0.29, 0.717) is 44.6 Å². The van der Waals surface area contributed by atoms with Gasteiger partial charge in [0, 0.05) is 0 Å². The summed E-state index contributed by atoms with van der Waals surface area (Å²) >= 11 is 0. The number of benzene rings is 4. The number of nitriles is 2. The van der Waals surface area contributed by atoms with Crippen molar-refractivity contribution in [3.05, 3.63) is 123 Å². The minimum Gasteiger partial charge on any atom is -0.296 e. The largest absolute Gasteiger partial charge is 0.416 e. The summed E-state index contributed by atoms with van der Waals surface area (Å²) in [5.74, 6) is -0.664. The maximum Gasteiger partial charge on any atom is 0.416 e. The average molecular weight is 515 g/mol. The molecule has 0 heterocycles. The fourth-order valence-electron chi connectivity index (χ4n) is 5.12. The Balaban J connectivity index is 1.75. The molecular formula is C32H17F3N4. The van der Waals surface area contributed by atoms with Crippen molar-refractivity contribution in [1.29, 1.82) is 10.5 Å². The average Bonchev–Trinajstić information content (AvgIpc) is 3.24. The van der Waals surface area contributed by atoms with Crippen LogP contribution < -0.4 is 0 Å².